The van der Waals surface area contributed by atoms with Gasteiger partial charge in [0.1, 0.15) is 5.82 Å². The molecule has 88 valence electrons. The van der Waals surface area contributed by atoms with Gasteiger partial charge in [0.2, 0.25) is 0 Å². The Balaban J connectivity index is 3.15. The highest BCUT2D eigenvalue weighted by atomic mass is 19.1. The van der Waals surface area contributed by atoms with E-state index in [4.69, 9.17) is 10.8 Å². The van der Waals surface area contributed by atoms with Gasteiger partial charge in [0.25, 0.3) is 0 Å². The van der Waals surface area contributed by atoms with Gasteiger partial charge in [-0.1, -0.05) is 0 Å². The lowest BCUT2D eigenvalue weighted by Crippen LogP contribution is -2.18. The summed E-state index contributed by atoms with van der Waals surface area (Å²) >= 11 is 0. The number of carbonyl (C=O) groups is 1. The average Bonchev–Trinajstić information content (AvgIpc) is 2.16. The van der Waals surface area contributed by atoms with Gasteiger partial charge in [-0.05, 0) is 12.1 Å². The number of carboxylic acids is 1. The molecule has 1 atom stereocenters. The molecule has 3 N–H and O–H groups in total. The smallest absolute Gasteiger partial charge is 0.305 e. The SMILES string of the molecule is COc1ccc(F)c(C(N)CC(=O)O)c1F. The van der Waals surface area contributed by atoms with Crippen molar-refractivity contribution < 1.29 is 23.4 Å². The third kappa shape index (κ3) is 2.46. The number of aliphatic carboxylic acids is 1. The molecule has 0 spiro atoms. The maximum Gasteiger partial charge on any atom is 0.305 e. The summed E-state index contributed by atoms with van der Waals surface area (Å²) in [5.74, 6) is -3.24. The van der Waals surface area contributed by atoms with Crippen molar-refractivity contribution in [3.63, 3.8) is 0 Å². The molecule has 1 aromatic carbocycles. The van der Waals surface area contributed by atoms with Crippen molar-refractivity contribution in [3.8, 4) is 5.75 Å². The van der Waals surface area contributed by atoms with E-state index in [1.54, 1.807) is 0 Å². The fourth-order valence-electron chi connectivity index (χ4n) is 1.34. The molecule has 0 aromatic heterocycles. The van der Waals surface area contributed by atoms with Crippen LogP contribution in [0.3, 0.4) is 0 Å². The normalized spacial score (nSPS) is 12.2. The van der Waals surface area contributed by atoms with Crippen LogP contribution in [0.25, 0.3) is 0 Å². The minimum Gasteiger partial charge on any atom is -0.494 e. The van der Waals surface area contributed by atoms with Crippen LogP contribution in [0.1, 0.15) is 18.0 Å². The molecule has 0 aliphatic carbocycles. The third-order valence-electron chi connectivity index (χ3n) is 2.08. The molecule has 0 radical (unpaired) electrons. The summed E-state index contributed by atoms with van der Waals surface area (Å²) in [5, 5.41) is 8.50. The van der Waals surface area contributed by atoms with Gasteiger partial charge in [-0.25, -0.2) is 8.78 Å². The molecule has 0 bridgehead atoms. The molecule has 1 rings (SSSR count). The largest absolute Gasteiger partial charge is 0.494 e. The van der Waals surface area contributed by atoms with E-state index in [0.29, 0.717) is 0 Å². The minimum atomic E-state index is -1.24. The number of methoxy groups -OCH3 is 1. The van der Waals surface area contributed by atoms with E-state index in [2.05, 4.69) is 4.74 Å². The highest BCUT2D eigenvalue weighted by molar-refractivity contribution is 5.68. The number of hydrogen-bond donors (Lipinski definition) is 2. The predicted molar refractivity (Wildman–Crippen MR) is 52.1 cm³/mol. The lowest BCUT2D eigenvalue weighted by atomic mass is 10.0. The van der Waals surface area contributed by atoms with Crippen LogP contribution >= 0.6 is 0 Å². The Morgan fingerprint density at radius 2 is 2.19 bits per heavy atom. The molecule has 0 aliphatic rings. The second-order valence-corrected chi connectivity index (χ2v) is 3.18. The second kappa shape index (κ2) is 4.89. The Morgan fingerprint density at radius 3 is 2.69 bits per heavy atom. The minimum absolute atomic E-state index is 0.169. The van der Waals surface area contributed by atoms with Crippen molar-refractivity contribution in [1.29, 1.82) is 0 Å². The third-order valence-corrected chi connectivity index (χ3v) is 2.08. The van der Waals surface area contributed by atoms with Gasteiger partial charge in [-0.15, -0.1) is 0 Å². The first kappa shape index (κ1) is 12.4. The maximum absolute atomic E-state index is 13.6. The number of halogens is 2. The van der Waals surface area contributed by atoms with Gasteiger partial charge in [0.15, 0.2) is 11.6 Å². The van der Waals surface area contributed by atoms with E-state index in [0.717, 1.165) is 12.1 Å². The summed E-state index contributed by atoms with van der Waals surface area (Å²) < 4.78 is 31.5. The molecule has 0 amide bonds. The lowest BCUT2D eigenvalue weighted by molar-refractivity contribution is -0.137. The van der Waals surface area contributed by atoms with Crippen LogP contribution in [0, 0.1) is 11.6 Å². The lowest BCUT2D eigenvalue weighted by Gasteiger charge is -2.13. The zero-order valence-corrected chi connectivity index (χ0v) is 8.54. The molecule has 0 aliphatic heterocycles. The first-order chi connectivity index (χ1) is 7.47. The van der Waals surface area contributed by atoms with E-state index in [1.807, 2.05) is 0 Å². The van der Waals surface area contributed by atoms with Crippen LogP contribution in [0.2, 0.25) is 0 Å². The van der Waals surface area contributed by atoms with E-state index in [1.165, 1.54) is 7.11 Å². The zero-order chi connectivity index (χ0) is 12.3. The summed E-state index contributed by atoms with van der Waals surface area (Å²) in [6.07, 6.45) is -0.555. The molecule has 0 saturated carbocycles. The van der Waals surface area contributed by atoms with Crippen LogP contribution in [-0.2, 0) is 4.79 Å². The van der Waals surface area contributed by atoms with Crippen LogP contribution < -0.4 is 10.5 Å². The fourth-order valence-corrected chi connectivity index (χ4v) is 1.34. The summed E-state index contributed by atoms with van der Waals surface area (Å²) in [5.41, 5.74) is 4.93. The number of rotatable bonds is 4. The standard InChI is InChI=1S/C10H11F2NO3/c1-16-7-3-2-5(11)9(10(7)12)6(13)4-8(14)15/h2-3,6H,4,13H2,1H3,(H,14,15). The topological polar surface area (TPSA) is 72.5 Å². The first-order valence-electron chi connectivity index (χ1n) is 4.46. The van der Waals surface area contributed by atoms with E-state index in [9.17, 15) is 13.6 Å². The van der Waals surface area contributed by atoms with E-state index >= 15 is 0 Å². The summed E-state index contributed by atoms with van der Waals surface area (Å²) in [7, 11) is 1.23. The summed E-state index contributed by atoms with van der Waals surface area (Å²) in [4.78, 5) is 10.4. The molecule has 0 heterocycles. The molecule has 0 fully saturated rings. The van der Waals surface area contributed by atoms with Crippen LogP contribution in [0.15, 0.2) is 12.1 Å². The van der Waals surface area contributed by atoms with Gasteiger partial charge in [0, 0.05) is 11.6 Å². The molecule has 4 nitrogen and oxygen atoms in total. The quantitative estimate of drug-likeness (QED) is 0.822. The van der Waals surface area contributed by atoms with Gasteiger partial charge in [0.05, 0.1) is 13.5 Å². The monoisotopic (exact) mass is 231 g/mol. The summed E-state index contributed by atoms with van der Waals surface area (Å²) in [6, 6.07) is 0.855. The van der Waals surface area contributed by atoms with Crippen LogP contribution in [0.4, 0.5) is 8.78 Å². The van der Waals surface area contributed by atoms with Crippen LogP contribution in [-0.4, -0.2) is 18.2 Å². The van der Waals surface area contributed by atoms with Crippen molar-refractivity contribution in [2.24, 2.45) is 5.73 Å². The number of hydrogen-bond acceptors (Lipinski definition) is 3. The molecule has 1 unspecified atom stereocenters. The molecule has 1 aromatic rings. The van der Waals surface area contributed by atoms with Crippen molar-refractivity contribution in [2.45, 2.75) is 12.5 Å². The van der Waals surface area contributed by atoms with E-state index in [-0.39, 0.29) is 5.75 Å². The molecule has 0 saturated heterocycles. The maximum atomic E-state index is 13.6. The summed E-state index contributed by atoms with van der Waals surface area (Å²) in [6.45, 7) is 0. The number of benzene rings is 1. The second-order valence-electron chi connectivity index (χ2n) is 3.18. The van der Waals surface area contributed by atoms with Gasteiger partial charge in [-0.3, -0.25) is 4.79 Å². The number of nitrogens with two attached hydrogens (primary N) is 1. The van der Waals surface area contributed by atoms with Crippen molar-refractivity contribution in [2.75, 3.05) is 7.11 Å². The van der Waals surface area contributed by atoms with Crippen molar-refractivity contribution >= 4 is 5.97 Å². The first-order valence-corrected chi connectivity index (χ1v) is 4.46. The average molecular weight is 231 g/mol. The fraction of sp³-hybridized carbons (Fsp3) is 0.300. The molecular formula is C10H11F2NO3. The Bertz CT molecular complexity index is 409. The Morgan fingerprint density at radius 1 is 1.56 bits per heavy atom. The zero-order valence-electron chi connectivity index (χ0n) is 8.54. The van der Waals surface area contributed by atoms with Gasteiger partial charge in [-0.2, -0.15) is 0 Å². The number of carboxylic acid groups (broad SMARTS) is 1. The Labute approximate surface area is 90.6 Å². The van der Waals surface area contributed by atoms with E-state index < -0.39 is 35.6 Å². The molecule has 16 heavy (non-hydrogen) atoms. The molecular weight excluding hydrogens is 220 g/mol. The highest BCUT2D eigenvalue weighted by Gasteiger charge is 2.22. The Kier molecular flexibility index (Phi) is 3.78. The van der Waals surface area contributed by atoms with Crippen molar-refractivity contribution in [3.05, 3.63) is 29.3 Å². The predicted octanol–water partition coefficient (Wildman–Crippen LogP) is 1.45. The highest BCUT2D eigenvalue weighted by Crippen LogP contribution is 2.28. The van der Waals surface area contributed by atoms with Crippen LogP contribution in [0.5, 0.6) is 5.75 Å². The van der Waals surface area contributed by atoms with Gasteiger partial charge < -0.3 is 15.6 Å². The molecule has 6 heteroatoms. The van der Waals surface area contributed by atoms with Crippen molar-refractivity contribution in [1.82, 2.24) is 0 Å². The van der Waals surface area contributed by atoms with Gasteiger partial charge >= 0.3 is 5.97 Å². The Hall–Kier alpha value is -1.69. The number of ether oxygens (including phenoxy) is 1.